The van der Waals surface area contributed by atoms with Crippen molar-refractivity contribution in [2.45, 2.75) is 56.7 Å². The summed E-state index contributed by atoms with van der Waals surface area (Å²) in [5.74, 6) is -0.872. The fraction of sp³-hybridized carbons (Fsp3) is 0.389. The molecule has 15 nitrogen and oxygen atoms in total. The number of nitrogens with zero attached hydrogens (tertiary/aromatic N) is 9. The van der Waals surface area contributed by atoms with E-state index >= 15 is 0 Å². The maximum atomic E-state index is 14.6. The van der Waals surface area contributed by atoms with Gasteiger partial charge >= 0.3 is 6.18 Å². The van der Waals surface area contributed by atoms with Crippen molar-refractivity contribution >= 4 is 40.7 Å². The molecule has 0 saturated carbocycles. The Morgan fingerprint density at radius 1 is 1.11 bits per heavy atom. The zero-order chi connectivity index (χ0) is 38.8. The van der Waals surface area contributed by atoms with Gasteiger partial charge in [0.1, 0.15) is 12.9 Å². The number of carbonyl (C=O) groups is 2. The van der Waals surface area contributed by atoms with E-state index in [1.807, 2.05) is 11.8 Å². The van der Waals surface area contributed by atoms with E-state index in [9.17, 15) is 32.7 Å². The van der Waals surface area contributed by atoms with E-state index in [1.165, 1.54) is 19.6 Å². The van der Waals surface area contributed by atoms with Crippen molar-refractivity contribution in [1.82, 2.24) is 39.0 Å². The average molecular weight is 779 g/mol. The first-order valence-corrected chi connectivity index (χ1v) is 18.0. The third kappa shape index (κ3) is 6.17. The van der Waals surface area contributed by atoms with Crippen LogP contribution in [0.4, 0.5) is 24.7 Å². The number of pyridine rings is 1. The Kier molecular flexibility index (Phi) is 8.89. The van der Waals surface area contributed by atoms with Gasteiger partial charge in [0.2, 0.25) is 17.6 Å². The van der Waals surface area contributed by atoms with E-state index in [-0.39, 0.29) is 65.2 Å². The van der Waals surface area contributed by atoms with Crippen LogP contribution in [0, 0.1) is 0 Å². The molecule has 8 rings (SSSR count). The van der Waals surface area contributed by atoms with Crippen LogP contribution in [0.25, 0.3) is 17.2 Å². The lowest BCUT2D eigenvalue weighted by Crippen LogP contribution is -2.47. The molecule has 286 valence electrons. The maximum Gasteiger partial charge on any atom is 0.416 e. The van der Waals surface area contributed by atoms with Crippen LogP contribution in [0.3, 0.4) is 0 Å². The summed E-state index contributed by atoms with van der Waals surface area (Å²) >= 11 is 6.17. The molecule has 1 spiro atoms. The number of alkyl halides is 3. The second kappa shape index (κ2) is 13.5. The van der Waals surface area contributed by atoms with Crippen LogP contribution in [-0.4, -0.2) is 89.2 Å². The minimum absolute atomic E-state index is 0.0242. The number of amides is 2. The second-order valence-electron chi connectivity index (χ2n) is 14.0. The van der Waals surface area contributed by atoms with Crippen LogP contribution in [-0.2, 0) is 22.9 Å². The predicted molar refractivity (Wildman–Crippen MR) is 192 cm³/mol. The van der Waals surface area contributed by atoms with Gasteiger partial charge in [0, 0.05) is 49.0 Å². The third-order valence-corrected chi connectivity index (χ3v) is 11.0. The standard InChI is InChI=1S/C36H34ClF3N10O5/c1-19-16-35(8-13-48(14-9-35)33(54)26-28(52)30(43-18-42-26)47-11-4-12-47)25-27(19)49(17-24(51)44-23-7-6-20(15-22(23)37)36(38,39)40)34-45-29(46-50(34)32(25)53)21-5-3-10-41-31(21)55-2/h3,5-7,10,15,18-19,52H,4,8-9,11-14,16-17H2,1-2H3,(H,44,51)/t19-/m0/s1. The molecule has 0 unspecified atom stereocenters. The van der Waals surface area contributed by atoms with E-state index in [1.54, 1.807) is 21.6 Å². The second-order valence-corrected chi connectivity index (χ2v) is 14.4. The van der Waals surface area contributed by atoms with E-state index < -0.39 is 34.5 Å². The normalized spacial score (nSPS) is 17.7. The van der Waals surface area contributed by atoms with E-state index in [4.69, 9.17) is 21.3 Å². The highest BCUT2D eigenvalue weighted by Crippen LogP contribution is 2.51. The molecular formula is C36H34ClF3N10O5. The summed E-state index contributed by atoms with van der Waals surface area (Å²) in [6, 6.07) is 5.98. The largest absolute Gasteiger partial charge is 0.503 e. The SMILES string of the molecule is COc1ncccc1-c1nc2n(CC(=O)Nc3ccc(C(F)(F)F)cc3Cl)c3c(c(=O)n2n1)C1(CCN(C(=O)c2ncnc(N4CCC4)c2O)CC1)C[C@@H]3C. The fourth-order valence-electron chi connectivity index (χ4n) is 8.02. The molecule has 2 aliphatic heterocycles. The summed E-state index contributed by atoms with van der Waals surface area (Å²) < 4.78 is 48.0. The van der Waals surface area contributed by atoms with Gasteiger partial charge in [0.15, 0.2) is 23.1 Å². The lowest BCUT2D eigenvalue weighted by molar-refractivity contribution is -0.137. The highest BCUT2D eigenvalue weighted by Gasteiger charge is 2.49. The van der Waals surface area contributed by atoms with Gasteiger partial charge < -0.3 is 29.5 Å². The zero-order valence-electron chi connectivity index (χ0n) is 29.6. The molecule has 4 aromatic heterocycles. The molecule has 6 heterocycles. The zero-order valence-corrected chi connectivity index (χ0v) is 30.4. The van der Waals surface area contributed by atoms with Crippen LogP contribution in [0.2, 0.25) is 5.02 Å². The van der Waals surface area contributed by atoms with Crippen LogP contribution in [0.15, 0.2) is 47.7 Å². The van der Waals surface area contributed by atoms with Crippen LogP contribution >= 0.6 is 11.6 Å². The number of carbonyl (C=O) groups excluding carboxylic acids is 2. The molecule has 0 bridgehead atoms. The number of nitrogens with one attached hydrogen (secondary N) is 1. The van der Waals surface area contributed by atoms with Gasteiger partial charge in [-0.15, -0.1) is 5.10 Å². The van der Waals surface area contributed by atoms with E-state index in [0.717, 1.165) is 42.2 Å². The summed E-state index contributed by atoms with van der Waals surface area (Å²) in [7, 11) is 1.44. The Balaban J connectivity index is 1.16. The molecule has 0 radical (unpaired) electrons. The highest BCUT2D eigenvalue weighted by molar-refractivity contribution is 6.33. The molecular weight excluding hydrogens is 745 g/mol. The van der Waals surface area contributed by atoms with E-state index in [2.05, 4.69) is 25.4 Å². The van der Waals surface area contributed by atoms with Crippen molar-refractivity contribution in [3.05, 3.63) is 80.7 Å². The smallest absolute Gasteiger partial charge is 0.416 e. The summed E-state index contributed by atoms with van der Waals surface area (Å²) in [4.78, 5) is 62.7. The molecule has 2 amide bonds. The predicted octanol–water partition coefficient (Wildman–Crippen LogP) is 4.66. The number of rotatable bonds is 7. The molecule has 19 heteroatoms. The van der Waals surface area contributed by atoms with Gasteiger partial charge in [-0.25, -0.2) is 15.0 Å². The summed E-state index contributed by atoms with van der Waals surface area (Å²) in [5, 5.41) is 17.8. The number of fused-ring (bicyclic) bond motifs is 3. The monoisotopic (exact) mass is 778 g/mol. The maximum absolute atomic E-state index is 14.6. The van der Waals surface area contributed by atoms with Crippen molar-refractivity contribution in [3.8, 4) is 23.0 Å². The van der Waals surface area contributed by atoms with Crippen molar-refractivity contribution in [3.63, 3.8) is 0 Å². The van der Waals surface area contributed by atoms with Gasteiger partial charge in [0.05, 0.1) is 28.9 Å². The van der Waals surface area contributed by atoms with Gasteiger partial charge in [-0.3, -0.25) is 14.4 Å². The van der Waals surface area contributed by atoms with Gasteiger partial charge in [0.25, 0.3) is 11.5 Å². The number of benzene rings is 1. The number of aromatic hydroxyl groups is 1. The lowest BCUT2D eigenvalue weighted by atomic mass is 9.73. The number of hydrogen-bond acceptors (Lipinski definition) is 11. The average Bonchev–Trinajstić information content (AvgIpc) is 3.70. The van der Waals surface area contributed by atoms with Gasteiger partial charge in [-0.05, 0) is 61.9 Å². The third-order valence-electron chi connectivity index (χ3n) is 10.7. The molecule has 2 fully saturated rings. The fourth-order valence-corrected chi connectivity index (χ4v) is 8.24. The molecule has 2 N–H and O–H groups in total. The number of aromatic nitrogens is 7. The molecule has 3 aliphatic rings. The number of methoxy groups -OCH3 is 1. The molecule has 1 aliphatic carbocycles. The summed E-state index contributed by atoms with van der Waals surface area (Å²) in [5.41, 5.74) is -0.794. The van der Waals surface area contributed by atoms with E-state index in [0.29, 0.717) is 41.9 Å². The topological polar surface area (TPSA) is 173 Å². The first-order chi connectivity index (χ1) is 26.3. The number of piperidine rings is 1. The molecule has 55 heavy (non-hydrogen) atoms. The van der Waals surface area contributed by atoms with Crippen molar-refractivity contribution < 1.29 is 32.6 Å². The molecule has 1 atom stereocenters. The Morgan fingerprint density at radius 3 is 2.55 bits per heavy atom. The van der Waals surface area contributed by atoms with Crippen molar-refractivity contribution in [1.29, 1.82) is 0 Å². The number of hydrogen-bond donors (Lipinski definition) is 2. The minimum atomic E-state index is -4.62. The van der Waals surface area contributed by atoms with Crippen molar-refractivity contribution in [2.75, 3.05) is 43.5 Å². The summed E-state index contributed by atoms with van der Waals surface area (Å²) in [6.45, 7) is 3.52. The Hall–Kier alpha value is -5.78. The Bertz CT molecular complexity index is 2420. The first-order valence-electron chi connectivity index (χ1n) is 17.6. The first kappa shape index (κ1) is 36.2. The number of halogens is 4. The van der Waals surface area contributed by atoms with Gasteiger partial charge in [-0.2, -0.15) is 22.7 Å². The number of anilines is 2. The number of ether oxygens (including phenoxy) is 1. The Morgan fingerprint density at radius 2 is 1.87 bits per heavy atom. The van der Waals surface area contributed by atoms with Crippen LogP contribution in [0.5, 0.6) is 11.6 Å². The van der Waals surface area contributed by atoms with Crippen LogP contribution in [0.1, 0.15) is 65.8 Å². The molecule has 5 aromatic rings. The number of likely N-dealkylation sites (tertiary alicyclic amines) is 1. The van der Waals surface area contributed by atoms with Crippen LogP contribution < -0.4 is 20.5 Å². The van der Waals surface area contributed by atoms with Crippen molar-refractivity contribution in [2.24, 2.45) is 0 Å². The minimum Gasteiger partial charge on any atom is -0.503 e. The summed E-state index contributed by atoms with van der Waals surface area (Å²) in [6.07, 6.45) is 0.453. The lowest BCUT2D eigenvalue weighted by Gasteiger charge is -2.39. The quantitative estimate of drug-likeness (QED) is 0.235. The van der Waals surface area contributed by atoms with Gasteiger partial charge in [-0.1, -0.05) is 18.5 Å². The molecule has 1 aromatic carbocycles. The Labute approximate surface area is 315 Å². The molecule has 2 saturated heterocycles. The highest BCUT2D eigenvalue weighted by atomic mass is 35.5.